The molecule has 0 saturated carbocycles. The summed E-state index contributed by atoms with van der Waals surface area (Å²) in [5.74, 6) is -2.94. The molecule has 0 spiro atoms. The van der Waals surface area contributed by atoms with E-state index >= 15 is 4.79 Å². The number of aliphatic carboxylic acids is 1. The number of carboxylic acids is 1. The number of anilines is 1. The number of imide groups is 1. The zero-order chi connectivity index (χ0) is 60.4. The molecule has 4 atom stereocenters. The summed E-state index contributed by atoms with van der Waals surface area (Å²) < 4.78 is 18.2. The molecule has 436 valence electrons. The van der Waals surface area contributed by atoms with Crippen LogP contribution in [0.5, 0.6) is 0 Å². The van der Waals surface area contributed by atoms with Crippen LogP contribution in [0.1, 0.15) is 204 Å². The minimum atomic E-state index is -1.43. The molecule has 0 radical (unpaired) electrons. The van der Waals surface area contributed by atoms with Gasteiger partial charge in [-0.3, -0.25) is 28.9 Å². The Morgan fingerprint density at radius 1 is 0.623 bits per heavy atom. The molecule has 0 aliphatic carbocycles. The van der Waals surface area contributed by atoms with Gasteiger partial charge in [0, 0.05) is 0 Å². The number of urea groups is 2. The van der Waals surface area contributed by atoms with E-state index in [1.807, 2.05) is 151 Å². The van der Waals surface area contributed by atoms with Crippen LogP contribution in [0, 0.1) is 76.3 Å². The Balaban J connectivity index is 2.81. The van der Waals surface area contributed by atoms with E-state index in [4.69, 9.17) is 14.2 Å². The number of carboxylic acid groups (broad SMARTS) is 1. The molecule has 5 amide bonds. The molecule has 2 rings (SSSR count). The highest BCUT2D eigenvalue weighted by atomic mass is 16.5. The van der Waals surface area contributed by atoms with Crippen molar-refractivity contribution in [1.82, 2.24) is 15.5 Å². The number of amides is 5. The first-order valence-electron chi connectivity index (χ1n) is 27.3. The number of carbonyl (C=O) groups excluding carboxylic acids is 6. The van der Waals surface area contributed by atoms with Gasteiger partial charge in [-0.2, -0.15) is 5.26 Å². The van der Waals surface area contributed by atoms with E-state index < -0.39 is 107 Å². The predicted molar refractivity (Wildman–Crippen MR) is 301 cm³/mol. The van der Waals surface area contributed by atoms with Gasteiger partial charge in [0.15, 0.2) is 0 Å². The van der Waals surface area contributed by atoms with Gasteiger partial charge in [0.2, 0.25) is 0 Å². The van der Waals surface area contributed by atoms with Gasteiger partial charge in [0.05, 0.1) is 52.6 Å². The lowest BCUT2D eigenvalue weighted by molar-refractivity contribution is -0.196. The van der Waals surface area contributed by atoms with E-state index in [0.29, 0.717) is 17.7 Å². The Morgan fingerprint density at radius 3 is 1.44 bits per heavy atom. The molecule has 77 heavy (non-hydrogen) atoms. The molecular weight excluding hydrogens is 979 g/mol. The molecule has 16 nitrogen and oxygen atoms in total. The van der Waals surface area contributed by atoms with Gasteiger partial charge in [-0.25, -0.2) is 9.59 Å². The second-order valence-electron chi connectivity index (χ2n) is 29.2. The number of para-hydroxylation sites is 1. The van der Waals surface area contributed by atoms with Crippen molar-refractivity contribution < 1.29 is 52.9 Å². The van der Waals surface area contributed by atoms with E-state index in [0.717, 1.165) is 4.90 Å². The SMILES string of the molecule is CCOC(=O)C(C)(CC(C)(C)C(C)(C)C(C)(CC(C)(C)C)C(=O)O)C(C)(C)C(C)(C)CC(C)(C(=O)OCCN1C(=O)NC(C)(C)C1=O)C(C)(C)C(C)(C)CC(C)(C(=O)OCCNC(=O)Nc1ccccc1C#N)C(C)(C)C. The average molecular weight is 1080 g/mol. The molecule has 16 heteroatoms. The molecule has 4 N–H and O–H groups in total. The monoisotopic (exact) mass is 1080 g/mol. The molecule has 1 aromatic carbocycles. The number of nitrogens with one attached hydrogen (secondary N) is 3. The molecule has 0 bridgehead atoms. The molecule has 4 unspecified atom stereocenters. The summed E-state index contributed by atoms with van der Waals surface area (Å²) in [6, 6.07) is 7.46. The van der Waals surface area contributed by atoms with Crippen LogP contribution in [0.3, 0.4) is 0 Å². The highest BCUT2D eigenvalue weighted by Crippen LogP contribution is 2.68. The lowest BCUT2D eigenvalue weighted by Crippen LogP contribution is -2.60. The van der Waals surface area contributed by atoms with Crippen LogP contribution < -0.4 is 16.0 Å². The van der Waals surface area contributed by atoms with E-state index in [9.17, 15) is 39.1 Å². The van der Waals surface area contributed by atoms with Crippen molar-refractivity contribution in [2.75, 3.05) is 38.2 Å². The van der Waals surface area contributed by atoms with Crippen LogP contribution in [0.4, 0.5) is 15.3 Å². The molecule has 1 fully saturated rings. The Kier molecular flexibility index (Phi) is 20.2. The lowest BCUT2D eigenvalue weighted by Gasteiger charge is -2.61. The van der Waals surface area contributed by atoms with Crippen molar-refractivity contribution >= 4 is 47.5 Å². The van der Waals surface area contributed by atoms with Gasteiger partial charge in [-0.1, -0.05) is 137 Å². The van der Waals surface area contributed by atoms with Crippen LogP contribution in [-0.2, 0) is 38.2 Å². The summed E-state index contributed by atoms with van der Waals surface area (Å²) in [5.41, 5.74) is -12.3. The molecule has 1 aliphatic rings. The molecule has 1 aliphatic heterocycles. The second-order valence-corrected chi connectivity index (χ2v) is 29.2. The average Bonchev–Trinajstić information content (AvgIpc) is 3.46. The smallest absolute Gasteiger partial charge is 0.325 e. The van der Waals surface area contributed by atoms with Gasteiger partial charge in [-0.05, 0) is 130 Å². The molecule has 0 aromatic heterocycles. The highest BCUT2D eigenvalue weighted by Gasteiger charge is 2.66. The molecule has 1 heterocycles. The zero-order valence-electron chi connectivity index (χ0n) is 52.1. The number of nitrogens with zero attached hydrogens (tertiary/aromatic N) is 2. The number of esters is 3. The number of carbonyl (C=O) groups is 7. The number of ether oxygens (including phenoxy) is 3. The second kappa shape index (κ2) is 22.9. The quantitative estimate of drug-likeness (QED) is 0.0310. The molecular formula is C61H101N5O11. The van der Waals surface area contributed by atoms with E-state index in [1.165, 1.54) is 0 Å². The summed E-state index contributed by atoms with van der Waals surface area (Å²) >= 11 is 0. The first-order valence-corrected chi connectivity index (χ1v) is 27.3. The maximum atomic E-state index is 15.5. The van der Waals surface area contributed by atoms with Crippen LogP contribution in [0.15, 0.2) is 24.3 Å². The van der Waals surface area contributed by atoms with E-state index in [-0.39, 0.29) is 57.6 Å². The van der Waals surface area contributed by atoms with Crippen LogP contribution >= 0.6 is 0 Å². The first-order chi connectivity index (χ1) is 34.4. The largest absolute Gasteiger partial charge is 0.481 e. The van der Waals surface area contributed by atoms with Crippen LogP contribution in [-0.4, -0.2) is 90.3 Å². The summed E-state index contributed by atoms with van der Waals surface area (Å²) in [6.45, 7) is 47.8. The van der Waals surface area contributed by atoms with Gasteiger partial charge in [-0.15, -0.1) is 0 Å². The third-order valence-electron chi connectivity index (χ3n) is 20.1. The van der Waals surface area contributed by atoms with Gasteiger partial charge < -0.3 is 35.3 Å². The number of hydrogen-bond acceptors (Lipinski definition) is 11. The fourth-order valence-corrected chi connectivity index (χ4v) is 11.9. The van der Waals surface area contributed by atoms with Gasteiger partial charge in [0.25, 0.3) is 5.91 Å². The fraction of sp³-hybridized carbons (Fsp3) is 0.770. The van der Waals surface area contributed by atoms with Crippen molar-refractivity contribution in [3.8, 4) is 6.07 Å². The highest BCUT2D eigenvalue weighted by molar-refractivity contribution is 6.06. The van der Waals surface area contributed by atoms with Crippen molar-refractivity contribution in [2.24, 2.45) is 65.0 Å². The minimum absolute atomic E-state index is 0.0203. The third-order valence-corrected chi connectivity index (χ3v) is 20.1. The van der Waals surface area contributed by atoms with Crippen LogP contribution in [0.25, 0.3) is 0 Å². The summed E-state index contributed by atoms with van der Waals surface area (Å²) in [4.78, 5) is 98.6. The summed E-state index contributed by atoms with van der Waals surface area (Å²) in [5, 5.41) is 28.5. The van der Waals surface area contributed by atoms with Crippen LogP contribution in [0.2, 0.25) is 0 Å². The Bertz CT molecular complexity index is 2410. The maximum Gasteiger partial charge on any atom is 0.325 e. The van der Waals surface area contributed by atoms with Gasteiger partial charge >= 0.3 is 35.9 Å². The standard InChI is InChI=1S/C61H101N5O11/c1-26-75-45(71)60(24,38-52(10,11)55(16,17)58(22,43(68)69)36-49(2,3)4)57(20,21)53(12,13)39-61(25,46(72)77-34-32-66-42(67)54(14,15)65-48(66)74)56(18,19)51(8,9)37-59(23,50(5,6)7)44(70)76-33-31-63-47(73)64-41-30-28-27-29-40(41)35-62/h27-30H,26,31-34,36-39H2,1-25H3,(H,65,74)(H,68,69)(H2,63,64,73). The Morgan fingerprint density at radius 2 is 1.04 bits per heavy atom. The number of nitriles is 1. The third kappa shape index (κ3) is 13.5. The first kappa shape index (κ1) is 67.9. The normalized spacial score (nSPS) is 18.1. The molecule has 1 saturated heterocycles. The summed E-state index contributed by atoms with van der Waals surface area (Å²) in [7, 11) is 0. The fourth-order valence-electron chi connectivity index (χ4n) is 11.9. The van der Waals surface area contributed by atoms with Crippen molar-refractivity contribution in [2.45, 2.75) is 204 Å². The van der Waals surface area contributed by atoms with Crippen molar-refractivity contribution in [3.63, 3.8) is 0 Å². The number of benzene rings is 1. The van der Waals surface area contributed by atoms with Gasteiger partial charge in [0.1, 0.15) is 24.8 Å². The lowest BCUT2D eigenvalue weighted by atomic mass is 9.41. The predicted octanol–water partition coefficient (Wildman–Crippen LogP) is 12.6. The minimum Gasteiger partial charge on any atom is -0.481 e. The zero-order valence-corrected chi connectivity index (χ0v) is 52.1. The Labute approximate surface area is 463 Å². The summed E-state index contributed by atoms with van der Waals surface area (Å²) in [6.07, 6.45) is 0.921. The topological polar surface area (TPSA) is 231 Å². The number of rotatable bonds is 25. The Hall–Kier alpha value is -5.20. The van der Waals surface area contributed by atoms with Crippen molar-refractivity contribution in [3.05, 3.63) is 29.8 Å². The van der Waals surface area contributed by atoms with E-state index in [2.05, 4.69) is 16.0 Å². The van der Waals surface area contributed by atoms with Crippen molar-refractivity contribution in [1.29, 1.82) is 5.26 Å². The van der Waals surface area contributed by atoms with E-state index in [1.54, 1.807) is 52.0 Å². The molecule has 1 aromatic rings. The maximum absolute atomic E-state index is 15.5. The number of hydrogen-bond donors (Lipinski definition) is 4.